The Hall–Kier alpha value is -3.48. The van der Waals surface area contributed by atoms with Crippen LogP contribution in [0.1, 0.15) is 32.9 Å². The zero-order valence-electron chi connectivity index (χ0n) is 15.8. The van der Waals surface area contributed by atoms with Gasteiger partial charge in [-0.2, -0.15) is 10.4 Å². The van der Waals surface area contributed by atoms with Gasteiger partial charge in [-0.25, -0.2) is 23.0 Å². The monoisotopic (exact) mass is 410 g/mol. The Kier molecular flexibility index (Phi) is 5.50. The number of ether oxygens (including phenoxy) is 1. The van der Waals surface area contributed by atoms with Crippen molar-refractivity contribution in [2.75, 3.05) is 0 Å². The molecule has 0 atom stereocenters. The molecule has 2 aromatic carbocycles. The van der Waals surface area contributed by atoms with Gasteiger partial charge in [-0.05, 0) is 43.7 Å². The lowest BCUT2D eigenvalue weighted by Gasteiger charge is -2.11. The van der Waals surface area contributed by atoms with E-state index in [4.69, 9.17) is 9.88 Å². The number of nitrogens with zero attached hydrogens (tertiary/aromatic N) is 3. The molecular formula is C20H18N4O4S. The van der Waals surface area contributed by atoms with Crippen LogP contribution in [0.4, 0.5) is 0 Å². The first-order chi connectivity index (χ1) is 13.7. The van der Waals surface area contributed by atoms with Gasteiger partial charge in [0.2, 0.25) is 10.0 Å². The van der Waals surface area contributed by atoms with Gasteiger partial charge in [0.1, 0.15) is 18.2 Å². The highest BCUT2D eigenvalue weighted by molar-refractivity contribution is 7.89. The number of nitriles is 1. The molecule has 2 N–H and O–H groups in total. The van der Waals surface area contributed by atoms with E-state index in [2.05, 4.69) is 11.2 Å². The lowest BCUT2D eigenvalue weighted by molar-refractivity contribution is 0.0463. The Morgan fingerprint density at radius 3 is 2.52 bits per heavy atom. The maximum atomic E-state index is 12.6. The van der Waals surface area contributed by atoms with Crippen molar-refractivity contribution >= 4 is 16.0 Å². The lowest BCUT2D eigenvalue weighted by atomic mass is 10.1. The van der Waals surface area contributed by atoms with Crippen molar-refractivity contribution in [2.45, 2.75) is 25.3 Å². The fourth-order valence-corrected chi connectivity index (χ4v) is 3.39. The summed E-state index contributed by atoms with van der Waals surface area (Å²) >= 11 is 0. The number of benzene rings is 2. The highest BCUT2D eigenvalue weighted by atomic mass is 32.2. The number of sulfonamides is 1. The van der Waals surface area contributed by atoms with Crippen LogP contribution in [0, 0.1) is 25.2 Å². The minimum atomic E-state index is -3.96. The molecule has 0 saturated carbocycles. The average molecular weight is 410 g/mol. The third-order valence-corrected chi connectivity index (χ3v) is 5.28. The van der Waals surface area contributed by atoms with Gasteiger partial charge in [0.15, 0.2) is 0 Å². The molecule has 0 amide bonds. The van der Waals surface area contributed by atoms with E-state index < -0.39 is 16.0 Å². The van der Waals surface area contributed by atoms with Crippen LogP contribution in [0.5, 0.6) is 0 Å². The van der Waals surface area contributed by atoms with E-state index in [-0.39, 0.29) is 17.1 Å². The van der Waals surface area contributed by atoms with Crippen molar-refractivity contribution in [3.8, 4) is 11.8 Å². The van der Waals surface area contributed by atoms with E-state index in [1.807, 2.05) is 30.3 Å². The number of nitrogens with two attached hydrogens (primary N) is 1. The minimum Gasteiger partial charge on any atom is -0.456 e. The van der Waals surface area contributed by atoms with E-state index >= 15 is 0 Å². The number of hydrogen-bond donors (Lipinski definition) is 1. The van der Waals surface area contributed by atoms with Crippen molar-refractivity contribution in [3.05, 3.63) is 76.6 Å². The summed E-state index contributed by atoms with van der Waals surface area (Å²) in [6, 6.07) is 15.2. The Morgan fingerprint density at radius 1 is 1.21 bits per heavy atom. The summed E-state index contributed by atoms with van der Waals surface area (Å²) in [5.74, 6) is -0.727. The van der Waals surface area contributed by atoms with Crippen LogP contribution >= 0.6 is 0 Å². The fourth-order valence-electron chi connectivity index (χ4n) is 2.85. The van der Waals surface area contributed by atoms with Gasteiger partial charge >= 0.3 is 5.97 Å². The summed E-state index contributed by atoms with van der Waals surface area (Å²) in [7, 11) is -3.96. The SMILES string of the molecule is Cc1ccc(S(N)(=O)=O)cc1C(=O)OCc1c(C#N)c(C)nn1-c1ccccc1. The minimum absolute atomic E-state index is 0.0810. The molecule has 0 aliphatic carbocycles. The van der Waals surface area contributed by atoms with Crippen LogP contribution in [0.2, 0.25) is 0 Å². The van der Waals surface area contributed by atoms with E-state index in [0.29, 0.717) is 22.5 Å². The molecule has 0 aliphatic heterocycles. The van der Waals surface area contributed by atoms with Gasteiger partial charge in [0.25, 0.3) is 0 Å². The normalized spacial score (nSPS) is 11.1. The molecule has 0 fully saturated rings. The van der Waals surface area contributed by atoms with Crippen LogP contribution in [0.25, 0.3) is 5.69 Å². The maximum Gasteiger partial charge on any atom is 0.338 e. The molecule has 0 spiro atoms. The molecule has 9 heteroatoms. The quantitative estimate of drug-likeness (QED) is 0.643. The number of primary sulfonamides is 1. The molecule has 0 unspecified atom stereocenters. The largest absolute Gasteiger partial charge is 0.456 e. The smallest absolute Gasteiger partial charge is 0.338 e. The Balaban J connectivity index is 1.93. The molecule has 0 saturated heterocycles. The second-order valence-corrected chi connectivity index (χ2v) is 7.93. The first-order valence-electron chi connectivity index (χ1n) is 8.57. The Labute approximate surface area is 168 Å². The molecule has 0 aliphatic rings. The van der Waals surface area contributed by atoms with Crippen LogP contribution in [-0.4, -0.2) is 24.2 Å². The predicted octanol–water partition coefficient (Wildman–Crippen LogP) is 2.37. The lowest BCUT2D eigenvalue weighted by Crippen LogP contribution is -2.15. The number of aryl methyl sites for hydroxylation is 2. The molecule has 148 valence electrons. The third-order valence-electron chi connectivity index (χ3n) is 4.37. The van der Waals surface area contributed by atoms with Crippen molar-refractivity contribution in [2.24, 2.45) is 5.14 Å². The molecule has 3 rings (SSSR count). The molecule has 1 aromatic heterocycles. The number of carbonyl (C=O) groups excluding carboxylic acids is 1. The summed E-state index contributed by atoms with van der Waals surface area (Å²) in [6.45, 7) is 3.14. The first kappa shape index (κ1) is 20.3. The van der Waals surface area contributed by atoms with E-state index in [9.17, 15) is 18.5 Å². The number of rotatable bonds is 5. The predicted molar refractivity (Wildman–Crippen MR) is 105 cm³/mol. The maximum absolute atomic E-state index is 12.6. The highest BCUT2D eigenvalue weighted by Gasteiger charge is 2.20. The van der Waals surface area contributed by atoms with Crippen molar-refractivity contribution < 1.29 is 17.9 Å². The van der Waals surface area contributed by atoms with E-state index in [1.54, 1.807) is 18.5 Å². The number of aromatic nitrogens is 2. The van der Waals surface area contributed by atoms with Crippen LogP contribution < -0.4 is 5.14 Å². The first-order valence-corrected chi connectivity index (χ1v) is 10.1. The van der Waals surface area contributed by atoms with Crippen LogP contribution in [0.3, 0.4) is 0 Å². The summed E-state index contributed by atoms with van der Waals surface area (Å²) < 4.78 is 30.1. The summed E-state index contributed by atoms with van der Waals surface area (Å²) in [5, 5.41) is 19.0. The van der Waals surface area contributed by atoms with Gasteiger partial charge in [0, 0.05) is 0 Å². The van der Waals surface area contributed by atoms with E-state index in [1.165, 1.54) is 18.2 Å². The second-order valence-electron chi connectivity index (χ2n) is 6.36. The van der Waals surface area contributed by atoms with Gasteiger partial charge in [-0.15, -0.1) is 0 Å². The molecule has 29 heavy (non-hydrogen) atoms. The fraction of sp³-hybridized carbons (Fsp3) is 0.150. The highest BCUT2D eigenvalue weighted by Crippen LogP contribution is 2.21. The van der Waals surface area contributed by atoms with Gasteiger partial charge in [-0.3, -0.25) is 0 Å². The standard InChI is InChI=1S/C20H18N4O4S/c1-13-8-9-16(29(22,26)27)10-17(13)20(25)28-12-19-18(11-21)14(2)23-24(19)15-6-4-3-5-7-15/h3-10H,12H2,1-2H3,(H2,22,26,27). The number of carbonyl (C=O) groups is 1. The van der Waals surface area contributed by atoms with Gasteiger partial charge < -0.3 is 4.74 Å². The van der Waals surface area contributed by atoms with Crippen molar-refractivity contribution in [3.63, 3.8) is 0 Å². The zero-order valence-corrected chi connectivity index (χ0v) is 16.6. The van der Waals surface area contributed by atoms with Crippen LogP contribution in [-0.2, 0) is 21.4 Å². The topological polar surface area (TPSA) is 128 Å². The Bertz CT molecular complexity index is 1230. The average Bonchev–Trinajstić information content (AvgIpc) is 3.01. The molecule has 8 nitrogen and oxygen atoms in total. The molecular weight excluding hydrogens is 392 g/mol. The third kappa shape index (κ3) is 4.18. The zero-order chi connectivity index (χ0) is 21.2. The van der Waals surface area contributed by atoms with Gasteiger partial charge in [-0.1, -0.05) is 24.3 Å². The van der Waals surface area contributed by atoms with Crippen LogP contribution in [0.15, 0.2) is 53.4 Å². The number of para-hydroxylation sites is 1. The summed E-state index contributed by atoms with van der Waals surface area (Å²) in [4.78, 5) is 12.4. The second kappa shape index (κ2) is 7.87. The molecule has 0 bridgehead atoms. The molecule has 1 heterocycles. The number of hydrogen-bond acceptors (Lipinski definition) is 6. The van der Waals surface area contributed by atoms with Crippen molar-refractivity contribution in [1.29, 1.82) is 5.26 Å². The summed E-state index contributed by atoms with van der Waals surface area (Å²) in [6.07, 6.45) is 0. The molecule has 3 aromatic rings. The van der Waals surface area contributed by atoms with E-state index in [0.717, 1.165) is 5.69 Å². The Morgan fingerprint density at radius 2 is 1.90 bits per heavy atom. The van der Waals surface area contributed by atoms with Gasteiger partial charge in [0.05, 0.1) is 27.5 Å². The summed E-state index contributed by atoms with van der Waals surface area (Å²) in [5.41, 5.74) is 2.58. The number of esters is 1. The van der Waals surface area contributed by atoms with Crippen molar-refractivity contribution in [1.82, 2.24) is 9.78 Å². The molecule has 0 radical (unpaired) electrons.